The number of hydrogen-bond donors (Lipinski definition) is 1. The van der Waals surface area contributed by atoms with Gasteiger partial charge in [0.25, 0.3) is 0 Å². The predicted octanol–water partition coefficient (Wildman–Crippen LogP) is 3.92. The van der Waals surface area contributed by atoms with Crippen molar-refractivity contribution >= 4 is 16.8 Å². The summed E-state index contributed by atoms with van der Waals surface area (Å²) in [4.78, 5) is 0. The molecule has 2 N–H and O–H groups in total. The van der Waals surface area contributed by atoms with E-state index in [9.17, 15) is 0 Å². The monoisotopic (exact) mass is 233 g/mol. The van der Waals surface area contributed by atoms with E-state index in [-0.39, 0.29) is 0 Å². The predicted molar refractivity (Wildman–Crippen MR) is 78.0 cm³/mol. The molecule has 0 aliphatic heterocycles. The highest BCUT2D eigenvalue weighted by molar-refractivity contribution is 6.06. The molecule has 0 amide bonds. The number of nitrogens with two attached hydrogens (primary N) is 1. The van der Waals surface area contributed by atoms with Crippen LogP contribution in [0.4, 0.5) is 5.69 Å². The van der Waals surface area contributed by atoms with Crippen LogP contribution < -0.4 is 5.73 Å². The van der Waals surface area contributed by atoms with Gasteiger partial charge >= 0.3 is 0 Å². The molecular weight excluding hydrogens is 218 g/mol. The van der Waals surface area contributed by atoms with Crippen LogP contribution in [0.3, 0.4) is 0 Å². The van der Waals surface area contributed by atoms with Crippen molar-refractivity contribution in [3.8, 4) is 0 Å². The van der Waals surface area contributed by atoms with Gasteiger partial charge < -0.3 is 5.73 Å². The van der Waals surface area contributed by atoms with Crippen LogP contribution in [0.2, 0.25) is 0 Å². The fraction of sp³-hybridized carbons (Fsp3) is 0.0588. The number of benzene rings is 2. The van der Waals surface area contributed by atoms with E-state index in [1.807, 2.05) is 18.2 Å². The number of hydrogen-bond acceptors (Lipinski definition) is 1. The Morgan fingerprint density at radius 1 is 1.00 bits per heavy atom. The molecule has 0 spiro atoms. The zero-order valence-electron chi connectivity index (χ0n) is 10.2. The van der Waals surface area contributed by atoms with Crippen LogP contribution in [0.1, 0.15) is 16.7 Å². The van der Waals surface area contributed by atoms with Crippen molar-refractivity contribution in [1.82, 2.24) is 0 Å². The number of anilines is 1. The van der Waals surface area contributed by atoms with Gasteiger partial charge in [-0.05, 0) is 46.4 Å². The average molecular weight is 233 g/mol. The third kappa shape index (κ3) is 1.74. The summed E-state index contributed by atoms with van der Waals surface area (Å²) in [5, 5.41) is 0. The SMILES string of the molecule is C=C1C(c2cccc(N)c2)=CCc2ccccc21. The van der Waals surface area contributed by atoms with Gasteiger partial charge in [0.05, 0.1) is 0 Å². The minimum Gasteiger partial charge on any atom is -0.399 e. The van der Waals surface area contributed by atoms with Crippen molar-refractivity contribution in [3.05, 3.63) is 77.9 Å². The molecule has 3 rings (SSSR count). The molecular formula is C17H15N. The molecule has 0 saturated carbocycles. The highest BCUT2D eigenvalue weighted by atomic mass is 14.5. The molecule has 0 heterocycles. The summed E-state index contributed by atoms with van der Waals surface area (Å²) in [6.07, 6.45) is 3.19. The molecule has 18 heavy (non-hydrogen) atoms. The smallest absolute Gasteiger partial charge is 0.0320 e. The van der Waals surface area contributed by atoms with Gasteiger partial charge in [0.15, 0.2) is 0 Å². The lowest BCUT2D eigenvalue weighted by Crippen LogP contribution is -2.01. The zero-order valence-corrected chi connectivity index (χ0v) is 10.2. The fourth-order valence-corrected chi connectivity index (χ4v) is 2.47. The van der Waals surface area contributed by atoms with Crippen molar-refractivity contribution in [3.63, 3.8) is 0 Å². The lowest BCUT2D eigenvalue weighted by Gasteiger charge is -2.20. The summed E-state index contributed by atoms with van der Waals surface area (Å²) in [6.45, 7) is 4.23. The highest BCUT2D eigenvalue weighted by Crippen LogP contribution is 2.36. The maximum Gasteiger partial charge on any atom is 0.0320 e. The Balaban J connectivity index is 2.07. The topological polar surface area (TPSA) is 26.0 Å². The lowest BCUT2D eigenvalue weighted by molar-refractivity contribution is 1.23. The van der Waals surface area contributed by atoms with Gasteiger partial charge in [0.2, 0.25) is 0 Å². The third-order valence-electron chi connectivity index (χ3n) is 3.39. The normalized spacial score (nSPS) is 14.0. The Morgan fingerprint density at radius 3 is 2.67 bits per heavy atom. The van der Waals surface area contributed by atoms with Crippen molar-refractivity contribution in [1.29, 1.82) is 0 Å². The van der Waals surface area contributed by atoms with Gasteiger partial charge in [-0.25, -0.2) is 0 Å². The van der Waals surface area contributed by atoms with Crippen molar-refractivity contribution in [2.45, 2.75) is 6.42 Å². The number of fused-ring (bicyclic) bond motifs is 1. The van der Waals surface area contributed by atoms with Crippen molar-refractivity contribution in [2.24, 2.45) is 0 Å². The second-order valence-electron chi connectivity index (χ2n) is 4.58. The van der Waals surface area contributed by atoms with Crippen LogP contribution >= 0.6 is 0 Å². The molecule has 0 unspecified atom stereocenters. The van der Waals surface area contributed by atoms with Crippen LogP contribution in [0.15, 0.2) is 61.2 Å². The Morgan fingerprint density at radius 2 is 1.83 bits per heavy atom. The summed E-state index contributed by atoms with van der Waals surface area (Å²) in [5.74, 6) is 0. The Labute approximate surface area is 107 Å². The van der Waals surface area contributed by atoms with Gasteiger partial charge in [-0.2, -0.15) is 0 Å². The maximum absolute atomic E-state index is 5.85. The molecule has 0 radical (unpaired) electrons. The molecule has 2 aromatic rings. The molecule has 2 aromatic carbocycles. The Bertz CT molecular complexity index is 650. The van der Waals surface area contributed by atoms with Crippen LogP contribution in [-0.2, 0) is 6.42 Å². The molecule has 0 bridgehead atoms. The summed E-state index contributed by atoms with van der Waals surface area (Å²) in [5.41, 5.74) is 12.7. The van der Waals surface area contributed by atoms with Gasteiger partial charge in [-0.3, -0.25) is 0 Å². The molecule has 0 saturated heterocycles. The molecule has 1 aliphatic rings. The largest absolute Gasteiger partial charge is 0.399 e. The van der Waals surface area contributed by atoms with Crippen molar-refractivity contribution < 1.29 is 0 Å². The van der Waals surface area contributed by atoms with Gasteiger partial charge in [-0.1, -0.05) is 49.1 Å². The third-order valence-corrected chi connectivity index (χ3v) is 3.39. The maximum atomic E-state index is 5.85. The van der Waals surface area contributed by atoms with Gasteiger partial charge in [0.1, 0.15) is 0 Å². The first kappa shape index (κ1) is 10.8. The number of allylic oxidation sites excluding steroid dienone is 3. The first-order chi connectivity index (χ1) is 8.75. The second-order valence-corrected chi connectivity index (χ2v) is 4.58. The summed E-state index contributed by atoms with van der Waals surface area (Å²) < 4.78 is 0. The van der Waals surface area contributed by atoms with E-state index in [1.165, 1.54) is 16.7 Å². The van der Waals surface area contributed by atoms with Crippen molar-refractivity contribution in [2.75, 3.05) is 5.73 Å². The van der Waals surface area contributed by atoms with Crippen LogP contribution in [-0.4, -0.2) is 0 Å². The van der Waals surface area contributed by atoms with E-state index in [2.05, 4.69) is 43.0 Å². The van der Waals surface area contributed by atoms with Crippen LogP contribution in [0.5, 0.6) is 0 Å². The van der Waals surface area contributed by atoms with E-state index in [0.717, 1.165) is 23.2 Å². The van der Waals surface area contributed by atoms with E-state index in [0.29, 0.717) is 0 Å². The minimum absolute atomic E-state index is 0.792. The summed E-state index contributed by atoms with van der Waals surface area (Å²) >= 11 is 0. The average Bonchev–Trinajstić information content (AvgIpc) is 2.39. The number of rotatable bonds is 1. The summed E-state index contributed by atoms with van der Waals surface area (Å²) in [7, 11) is 0. The van der Waals surface area contributed by atoms with E-state index in [1.54, 1.807) is 0 Å². The zero-order chi connectivity index (χ0) is 12.5. The standard InChI is InChI=1S/C17H15N/c1-12-16-8-3-2-5-13(16)9-10-17(12)14-6-4-7-15(18)11-14/h2-8,10-11H,1,9,18H2. The molecule has 1 nitrogen and oxygen atoms in total. The van der Waals surface area contributed by atoms with E-state index >= 15 is 0 Å². The molecule has 1 aliphatic carbocycles. The van der Waals surface area contributed by atoms with E-state index < -0.39 is 0 Å². The fourth-order valence-electron chi connectivity index (χ4n) is 2.47. The summed E-state index contributed by atoms with van der Waals surface area (Å²) in [6, 6.07) is 16.4. The lowest BCUT2D eigenvalue weighted by atomic mass is 9.84. The molecule has 88 valence electrons. The van der Waals surface area contributed by atoms with Crippen LogP contribution in [0.25, 0.3) is 11.1 Å². The molecule has 0 fully saturated rings. The van der Waals surface area contributed by atoms with Crippen LogP contribution in [0, 0.1) is 0 Å². The van der Waals surface area contributed by atoms with Gasteiger partial charge in [-0.15, -0.1) is 0 Å². The van der Waals surface area contributed by atoms with Gasteiger partial charge in [0, 0.05) is 5.69 Å². The highest BCUT2D eigenvalue weighted by Gasteiger charge is 2.15. The first-order valence-electron chi connectivity index (χ1n) is 6.09. The quantitative estimate of drug-likeness (QED) is 0.742. The first-order valence-corrected chi connectivity index (χ1v) is 6.09. The Hall–Kier alpha value is -2.28. The number of nitrogen functional groups attached to an aromatic ring is 1. The second kappa shape index (κ2) is 4.19. The minimum atomic E-state index is 0.792. The Kier molecular flexibility index (Phi) is 2.52. The molecule has 0 aromatic heterocycles. The van der Waals surface area contributed by atoms with E-state index in [4.69, 9.17) is 5.73 Å². The molecule has 1 heteroatoms. The molecule has 0 atom stereocenters.